The van der Waals surface area contributed by atoms with Gasteiger partial charge in [-0.05, 0) is 56.3 Å². The SMILES string of the molecule is C(=C(C1CCCCC1)C1CCCCC1)C1CCCCC1. The molecule has 3 saturated carbocycles. The van der Waals surface area contributed by atoms with Crippen LogP contribution in [0.2, 0.25) is 0 Å². The third-order valence-corrected chi connectivity index (χ3v) is 6.23. The molecule has 0 bridgehead atoms. The fraction of sp³-hybridized carbons (Fsp3) is 0.900. The Hall–Kier alpha value is -0.260. The van der Waals surface area contributed by atoms with E-state index >= 15 is 0 Å². The number of hydrogen-bond donors (Lipinski definition) is 0. The summed E-state index contributed by atoms with van der Waals surface area (Å²) in [5.74, 6) is 2.91. The van der Waals surface area contributed by atoms with Crippen molar-refractivity contribution in [3.05, 3.63) is 11.6 Å². The molecule has 0 aliphatic heterocycles. The zero-order valence-electron chi connectivity index (χ0n) is 13.4. The maximum Gasteiger partial charge on any atom is -0.0200 e. The van der Waals surface area contributed by atoms with Gasteiger partial charge in [-0.25, -0.2) is 0 Å². The molecule has 3 aliphatic rings. The van der Waals surface area contributed by atoms with Gasteiger partial charge >= 0.3 is 0 Å². The molecule has 0 heterocycles. The maximum atomic E-state index is 2.82. The Labute approximate surface area is 126 Å². The molecule has 0 aromatic carbocycles. The summed E-state index contributed by atoms with van der Waals surface area (Å²) in [5, 5.41) is 0. The van der Waals surface area contributed by atoms with Crippen LogP contribution in [0.15, 0.2) is 11.6 Å². The molecular weight excluding hydrogens is 240 g/mol. The van der Waals surface area contributed by atoms with Gasteiger partial charge in [0.2, 0.25) is 0 Å². The molecule has 0 heteroatoms. The smallest absolute Gasteiger partial charge is 0.0200 e. The highest BCUT2D eigenvalue weighted by atomic mass is 14.3. The Morgan fingerprint density at radius 1 is 0.500 bits per heavy atom. The number of rotatable bonds is 3. The van der Waals surface area contributed by atoms with Crippen molar-refractivity contribution in [2.24, 2.45) is 17.8 Å². The molecule has 0 aromatic heterocycles. The van der Waals surface area contributed by atoms with Crippen molar-refractivity contribution in [1.82, 2.24) is 0 Å². The van der Waals surface area contributed by atoms with Crippen LogP contribution in [0.3, 0.4) is 0 Å². The molecule has 3 aliphatic carbocycles. The first-order valence-corrected chi connectivity index (χ1v) is 9.65. The van der Waals surface area contributed by atoms with Crippen molar-refractivity contribution in [3.63, 3.8) is 0 Å². The third kappa shape index (κ3) is 3.89. The monoisotopic (exact) mass is 274 g/mol. The lowest BCUT2D eigenvalue weighted by Gasteiger charge is -2.34. The van der Waals surface area contributed by atoms with Gasteiger partial charge in [-0.2, -0.15) is 0 Å². The molecule has 0 unspecified atom stereocenters. The topological polar surface area (TPSA) is 0 Å². The molecule has 0 saturated heterocycles. The van der Waals surface area contributed by atoms with E-state index in [9.17, 15) is 0 Å². The molecule has 114 valence electrons. The highest BCUT2D eigenvalue weighted by Gasteiger charge is 2.27. The maximum absolute atomic E-state index is 2.82. The van der Waals surface area contributed by atoms with E-state index in [0.717, 1.165) is 17.8 Å². The normalized spacial score (nSPS) is 27.4. The van der Waals surface area contributed by atoms with Gasteiger partial charge in [-0.15, -0.1) is 0 Å². The second kappa shape index (κ2) is 7.66. The van der Waals surface area contributed by atoms with E-state index in [-0.39, 0.29) is 0 Å². The molecule has 3 fully saturated rings. The fourth-order valence-corrected chi connectivity index (χ4v) is 5.05. The first kappa shape index (κ1) is 14.7. The average Bonchev–Trinajstić information content (AvgIpc) is 2.55. The van der Waals surface area contributed by atoms with Gasteiger partial charge in [-0.3, -0.25) is 0 Å². The Morgan fingerprint density at radius 3 is 1.35 bits per heavy atom. The summed E-state index contributed by atoms with van der Waals surface area (Å²) >= 11 is 0. The van der Waals surface area contributed by atoms with Crippen LogP contribution in [0, 0.1) is 17.8 Å². The standard InChI is InChI=1S/C20H34/c1-4-10-17(11-5-1)16-20(18-12-6-2-7-13-18)19-14-8-3-9-15-19/h16-19H,1-15H2. The molecule has 0 aromatic rings. The van der Waals surface area contributed by atoms with Crippen molar-refractivity contribution in [2.45, 2.75) is 96.3 Å². The molecule has 0 nitrogen and oxygen atoms in total. The van der Waals surface area contributed by atoms with Gasteiger partial charge in [-0.1, -0.05) is 69.4 Å². The quantitative estimate of drug-likeness (QED) is 0.505. The van der Waals surface area contributed by atoms with Crippen molar-refractivity contribution in [2.75, 3.05) is 0 Å². The van der Waals surface area contributed by atoms with E-state index in [1.807, 2.05) is 5.57 Å². The first-order chi connectivity index (χ1) is 9.93. The van der Waals surface area contributed by atoms with Gasteiger partial charge in [0.25, 0.3) is 0 Å². The summed E-state index contributed by atoms with van der Waals surface area (Å²) in [6.07, 6.45) is 25.3. The predicted octanol–water partition coefficient (Wildman–Crippen LogP) is 6.65. The van der Waals surface area contributed by atoms with E-state index < -0.39 is 0 Å². The van der Waals surface area contributed by atoms with Gasteiger partial charge in [0.15, 0.2) is 0 Å². The molecule has 20 heavy (non-hydrogen) atoms. The second-order valence-electron chi connectivity index (χ2n) is 7.73. The van der Waals surface area contributed by atoms with Crippen LogP contribution in [0.5, 0.6) is 0 Å². The highest BCUT2D eigenvalue weighted by molar-refractivity contribution is 5.14. The van der Waals surface area contributed by atoms with Crippen LogP contribution in [-0.2, 0) is 0 Å². The lowest BCUT2D eigenvalue weighted by atomic mass is 9.72. The summed E-state index contributed by atoms with van der Waals surface area (Å²) < 4.78 is 0. The van der Waals surface area contributed by atoms with Crippen molar-refractivity contribution in [3.8, 4) is 0 Å². The fourth-order valence-electron chi connectivity index (χ4n) is 5.05. The van der Waals surface area contributed by atoms with Gasteiger partial charge in [0.1, 0.15) is 0 Å². The minimum Gasteiger partial charge on any atom is -0.0817 e. The molecule has 0 atom stereocenters. The number of hydrogen-bond acceptors (Lipinski definition) is 0. The van der Waals surface area contributed by atoms with Crippen molar-refractivity contribution >= 4 is 0 Å². The summed E-state index contributed by atoms with van der Waals surface area (Å²) in [5.41, 5.74) is 1.95. The molecule has 0 amide bonds. The van der Waals surface area contributed by atoms with Crippen LogP contribution in [0.4, 0.5) is 0 Å². The lowest BCUT2D eigenvalue weighted by molar-refractivity contribution is 0.318. The summed E-state index contributed by atoms with van der Waals surface area (Å²) in [6.45, 7) is 0. The molecule has 0 N–H and O–H groups in total. The van der Waals surface area contributed by atoms with Gasteiger partial charge in [0, 0.05) is 0 Å². The summed E-state index contributed by atoms with van der Waals surface area (Å²) in [6, 6.07) is 0. The largest absolute Gasteiger partial charge is 0.0817 e. The third-order valence-electron chi connectivity index (χ3n) is 6.23. The molecule has 0 spiro atoms. The Balaban J connectivity index is 1.71. The van der Waals surface area contributed by atoms with E-state index in [4.69, 9.17) is 0 Å². The highest BCUT2D eigenvalue weighted by Crippen LogP contribution is 2.41. The zero-order valence-corrected chi connectivity index (χ0v) is 13.4. The molecular formula is C20H34. The number of allylic oxidation sites excluding steroid dienone is 2. The molecule has 0 radical (unpaired) electrons. The van der Waals surface area contributed by atoms with Crippen molar-refractivity contribution < 1.29 is 0 Å². The van der Waals surface area contributed by atoms with Crippen LogP contribution in [0.25, 0.3) is 0 Å². The van der Waals surface area contributed by atoms with Crippen molar-refractivity contribution in [1.29, 1.82) is 0 Å². The second-order valence-corrected chi connectivity index (χ2v) is 7.73. The summed E-state index contributed by atoms with van der Waals surface area (Å²) in [4.78, 5) is 0. The molecule has 3 rings (SSSR count). The van der Waals surface area contributed by atoms with E-state index in [1.54, 1.807) is 0 Å². The minimum absolute atomic E-state index is 0.947. The summed E-state index contributed by atoms with van der Waals surface area (Å²) in [7, 11) is 0. The average molecular weight is 274 g/mol. The zero-order chi connectivity index (χ0) is 13.6. The van der Waals surface area contributed by atoms with Crippen LogP contribution in [0.1, 0.15) is 96.3 Å². The lowest BCUT2D eigenvalue weighted by Crippen LogP contribution is -2.20. The Morgan fingerprint density at radius 2 is 0.900 bits per heavy atom. The Bertz CT molecular complexity index is 276. The van der Waals surface area contributed by atoms with Crippen LogP contribution >= 0.6 is 0 Å². The first-order valence-electron chi connectivity index (χ1n) is 9.65. The minimum atomic E-state index is 0.947. The van der Waals surface area contributed by atoms with Gasteiger partial charge < -0.3 is 0 Å². The van der Waals surface area contributed by atoms with E-state index in [0.29, 0.717) is 0 Å². The van der Waals surface area contributed by atoms with Crippen LogP contribution in [-0.4, -0.2) is 0 Å². The predicted molar refractivity (Wildman–Crippen MR) is 87.8 cm³/mol. The Kier molecular flexibility index (Phi) is 5.62. The van der Waals surface area contributed by atoms with E-state index in [1.165, 1.54) is 96.3 Å². The van der Waals surface area contributed by atoms with E-state index in [2.05, 4.69) is 6.08 Å². The van der Waals surface area contributed by atoms with Gasteiger partial charge in [0.05, 0.1) is 0 Å². The van der Waals surface area contributed by atoms with Crippen LogP contribution < -0.4 is 0 Å².